The Morgan fingerprint density at radius 3 is 2.27 bits per heavy atom. The van der Waals surface area contributed by atoms with E-state index in [0.717, 1.165) is 33.9 Å². The number of carbonyl (C=O) groups is 1. The summed E-state index contributed by atoms with van der Waals surface area (Å²) in [6, 6.07) is 11.6. The van der Waals surface area contributed by atoms with Crippen LogP contribution in [0.15, 0.2) is 67.1 Å². The first-order chi connectivity index (χ1) is 26.7. The van der Waals surface area contributed by atoms with Crippen molar-refractivity contribution in [2.45, 2.75) is 52.6 Å². The van der Waals surface area contributed by atoms with Gasteiger partial charge in [-0.1, -0.05) is 32.0 Å². The topological polar surface area (TPSA) is 145 Å². The van der Waals surface area contributed by atoms with Crippen molar-refractivity contribution in [2.75, 3.05) is 13.7 Å². The van der Waals surface area contributed by atoms with Gasteiger partial charge < -0.3 is 14.5 Å². The standard InChI is InChI=1S/C38H34F5N6O6P/c1-4-21-8-6-9-22(5-2)29(21)30-26-12-17-48(36(50)25-11-10-24(39)18-23(25)20-55-56(51,52)53)34(26)35(54-3)32(40)31(30)33-27-19-47(38(41,42)43)16-13-28(27)46-49(33)37-44-14-7-15-45-37/h6-12,14-15,17-18H,4-5,13,16,19-20H2,1-3H3,(H2,51,52,53). The number of fused-ring (bicyclic) bond motifs is 2. The van der Waals surface area contributed by atoms with Gasteiger partial charge in [0.05, 0.1) is 25.1 Å². The smallest absolute Gasteiger partial charge is 0.469 e. The Bertz CT molecular complexity index is 2510. The number of ether oxygens (including phenoxy) is 1. The van der Waals surface area contributed by atoms with Gasteiger partial charge in [-0.3, -0.25) is 13.9 Å². The molecule has 0 atom stereocenters. The Labute approximate surface area is 316 Å². The maximum Gasteiger partial charge on any atom is 0.469 e. The molecule has 6 aromatic rings. The zero-order chi connectivity index (χ0) is 40.1. The summed E-state index contributed by atoms with van der Waals surface area (Å²) < 4.78 is 99.4. The van der Waals surface area contributed by atoms with Gasteiger partial charge in [-0.05, 0) is 65.4 Å². The molecule has 3 aromatic carbocycles. The fraction of sp³-hybridized carbons (Fsp3) is 0.263. The lowest BCUT2D eigenvalue weighted by molar-refractivity contribution is -0.250. The molecule has 292 valence electrons. The Morgan fingerprint density at radius 1 is 0.946 bits per heavy atom. The summed E-state index contributed by atoms with van der Waals surface area (Å²) in [7, 11) is -3.86. The molecule has 7 rings (SSSR count). The van der Waals surface area contributed by atoms with Crippen LogP contribution >= 0.6 is 7.82 Å². The fourth-order valence-electron chi connectivity index (χ4n) is 7.29. The van der Waals surface area contributed by atoms with E-state index in [0.29, 0.717) is 29.0 Å². The van der Waals surface area contributed by atoms with Crippen molar-refractivity contribution in [1.82, 2.24) is 29.2 Å². The van der Waals surface area contributed by atoms with E-state index in [1.807, 2.05) is 32.0 Å². The third kappa shape index (κ3) is 7.01. The van der Waals surface area contributed by atoms with E-state index in [1.165, 1.54) is 30.4 Å². The van der Waals surface area contributed by atoms with Crippen molar-refractivity contribution in [1.29, 1.82) is 0 Å². The minimum atomic E-state index is -5.04. The molecule has 0 aliphatic carbocycles. The van der Waals surface area contributed by atoms with Gasteiger partial charge in [-0.2, -0.15) is 23.0 Å². The number of hydrogen-bond acceptors (Lipinski definition) is 8. The molecule has 0 spiro atoms. The van der Waals surface area contributed by atoms with Crippen LogP contribution in [0.5, 0.6) is 5.75 Å². The van der Waals surface area contributed by atoms with Crippen LogP contribution in [0.4, 0.5) is 22.0 Å². The number of phosphoric acid groups is 1. The van der Waals surface area contributed by atoms with E-state index in [2.05, 4.69) is 19.6 Å². The van der Waals surface area contributed by atoms with Crippen LogP contribution < -0.4 is 4.74 Å². The van der Waals surface area contributed by atoms with E-state index in [1.54, 1.807) is 12.1 Å². The van der Waals surface area contributed by atoms with Crippen LogP contribution in [-0.2, 0) is 41.5 Å². The summed E-state index contributed by atoms with van der Waals surface area (Å²) in [6.45, 7) is 1.95. The highest BCUT2D eigenvalue weighted by atomic mass is 31.2. The van der Waals surface area contributed by atoms with Crippen LogP contribution in [0, 0.1) is 11.6 Å². The van der Waals surface area contributed by atoms with Crippen LogP contribution in [0.3, 0.4) is 0 Å². The molecule has 1 aliphatic heterocycles. The fourth-order valence-corrected chi connectivity index (χ4v) is 7.60. The summed E-state index contributed by atoms with van der Waals surface area (Å²) in [4.78, 5) is 42.0. The maximum atomic E-state index is 18.0. The normalized spacial score (nSPS) is 13.7. The van der Waals surface area contributed by atoms with E-state index in [4.69, 9.17) is 4.74 Å². The number of benzene rings is 3. The summed E-state index contributed by atoms with van der Waals surface area (Å²) in [5.74, 6) is -3.15. The van der Waals surface area contributed by atoms with E-state index >= 15 is 4.39 Å². The highest BCUT2D eigenvalue weighted by Gasteiger charge is 2.42. The summed E-state index contributed by atoms with van der Waals surface area (Å²) in [5.41, 5.74) is 2.11. The molecule has 0 fully saturated rings. The summed E-state index contributed by atoms with van der Waals surface area (Å²) in [6.07, 6.45) is 0.322. The molecule has 3 aromatic heterocycles. The minimum Gasteiger partial charge on any atom is -0.492 e. The number of halogens is 5. The largest absolute Gasteiger partial charge is 0.492 e. The monoisotopic (exact) mass is 796 g/mol. The number of alkyl halides is 3. The van der Waals surface area contributed by atoms with Gasteiger partial charge in [0, 0.05) is 65.7 Å². The first kappa shape index (κ1) is 38.9. The third-order valence-corrected chi connectivity index (χ3v) is 10.2. The highest BCUT2D eigenvalue weighted by Crippen LogP contribution is 2.50. The van der Waals surface area contributed by atoms with Gasteiger partial charge in [0.25, 0.3) is 11.9 Å². The molecular formula is C38H34F5N6O6P. The number of methoxy groups -OCH3 is 1. The van der Waals surface area contributed by atoms with Crippen molar-refractivity contribution in [3.8, 4) is 34.1 Å². The Morgan fingerprint density at radius 2 is 1.64 bits per heavy atom. The van der Waals surface area contributed by atoms with Crippen LogP contribution in [0.2, 0.25) is 0 Å². The van der Waals surface area contributed by atoms with Crippen LogP contribution in [0.1, 0.15) is 52.2 Å². The van der Waals surface area contributed by atoms with E-state index in [9.17, 15) is 36.7 Å². The second-order valence-corrected chi connectivity index (χ2v) is 14.2. The number of rotatable bonds is 10. The third-order valence-electron chi connectivity index (χ3n) is 9.77. The lowest BCUT2D eigenvalue weighted by Crippen LogP contribution is -2.41. The molecule has 0 unspecified atom stereocenters. The SMILES string of the molecule is CCc1cccc(CC)c1-c1c(-c2c3c(nn2-c2ncccn2)CCN(C(F)(F)F)C3)c(F)c(OC)c2c1ccn2C(=O)c1ccc(F)cc1COP(=O)(O)O. The average molecular weight is 797 g/mol. The van der Waals surface area contributed by atoms with Crippen molar-refractivity contribution in [3.63, 3.8) is 0 Å². The molecule has 12 nitrogen and oxygen atoms in total. The number of hydrogen-bond donors (Lipinski definition) is 2. The molecule has 4 heterocycles. The predicted molar refractivity (Wildman–Crippen MR) is 194 cm³/mol. The number of nitrogens with zero attached hydrogens (tertiary/aromatic N) is 6. The van der Waals surface area contributed by atoms with Crippen molar-refractivity contribution >= 4 is 24.6 Å². The molecule has 18 heteroatoms. The second-order valence-electron chi connectivity index (χ2n) is 12.9. The predicted octanol–water partition coefficient (Wildman–Crippen LogP) is 7.54. The Hall–Kier alpha value is -5.32. The zero-order valence-corrected chi connectivity index (χ0v) is 31.0. The van der Waals surface area contributed by atoms with Gasteiger partial charge in [-0.25, -0.2) is 28.2 Å². The molecule has 0 radical (unpaired) electrons. The van der Waals surface area contributed by atoms with Crippen LogP contribution in [0.25, 0.3) is 39.2 Å². The number of phosphoric ester groups is 1. The molecular weight excluding hydrogens is 762 g/mol. The molecule has 2 N–H and O–H groups in total. The number of carbonyl (C=O) groups excluding carboxylic acids is 1. The first-order valence-electron chi connectivity index (χ1n) is 17.4. The van der Waals surface area contributed by atoms with E-state index < -0.39 is 50.6 Å². The molecule has 0 saturated heterocycles. The van der Waals surface area contributed by atoms with E-state index in [-0.39, 0.29) is 63.3 Å². The summed E-state index contributed by atoms with van der Waals surface area (Å²) >= 11 is 0. The zero-order valence-electron chi connectivity index (χ0n) is 30.1. The molecule has 0 saturated carbocycles. The quantitative estimate of drug-likeness (QED) is 0.0811. The van der Waals surface area contributed by atoms with Gasteiger partial charge in [-0.15, -0.1) is 0 Å². The van der Waals surface area contributed by atoms with Crippen LogP contribution in [-0.4, -0.2) is 64.9 Å². The summed E-state index contributed by atoms with van der Waals surface area (Å²) in [5, 5.41) is 4.94. The lowest BCUT2D eigenvalue weighted by atomic mass is 9.84. The van der Waals surface area contributed by atoms with Gasteiger partial charge >= 0.3 is 14.1 Å². The minimum absolute atomic E-state index is 0.0199. The molecule has 0 bridgehead atoms. The average Bonchev–Trinajstić information content (AvgIpc) is 3.78. The lowest BCUT2D eigenvalue weighted by Gasteiger charge is -2.29. The van der Waals surface area contributed by atoms with Gasteiger partial charge in [0.15, 0.2) is 11.6 Å². The van der Waals surface area contributed by atoms with Crippen molar-refractivity contribution in [2.24, 2.45) is 0 Å². The first-order valence-corrected chi connectivity index (χ1v) is 18.9. The maximum absolute atomic E-state index is 18.0. The highest BCUT2D eigenvalue weighted by molar-refractivity contribution is 7.46. The van der Waals surface area contributed by atoms with Gasteiger partial charge in [0.1, 0.15) is 11.3 Å². The molecule has 56 heavy (non-hydrogen) atoms. The molecule has 1 aliphatic rings. The Kier molecular flexibility index (Phi) is 10.4. The van der Waals surface area contributed by atoms with Crippen molar-refractivity contribution in [3.05, 3.63) is 112 Å². The number of aryl methyl sites for hydroxylation is 2. The molecule has 0 amide bonds. The Balaban J connectivity index is 1.60. The second kappa shape index (κ2) is 15.0. The van der Waals surface area contributed by atoms with Crippen molar-refractivity contribution < 1.29 is 50.4 Å². The van der Waals surface area contributed by atoms with Gasteiger partial charge in [0.2, 0.25) is 0 Å². The number of aromatic nitrogens is 5.